The molecule has 0 radical (unpaired) electrons. The number of rotatable bonds is 5. The van der Waals surface area contributed by atoms with Gasteiger partial charge in [-0.15, -0.1) is 0 Å². The number of benzene rings is 2. The monoisotopic (exact) mass is 455 g/mol. The fourth-order valence-corrected chi connectivity index (χ4v) is 4.92. The smallest absolute Gasteiger partial charge is 0.339 e. The number of esters is 2. The highest BCUT2D eigenvalue weighted by Crippen LogP contribution is 2.47. The first-order valence-corrected chi connectivity index (χ1v) is 11.2. The minimum Gasteiger partial charge on any atom is -0.466 e. The highest BCUT2D eigenvalue weighted by molar-refractivity contribution is 7.87. The van der Waals surface area contributed by atoms with Gasteiger partial charge in [-0.3, -0.25) is 0 Å². The van der Waals surface area contributed by atoms with E-state index in [9.17, 15) is 18.0 Å². The van der Waals surface area contributed by atoms with Gasteiger partial charge in [-0.25, -0.2) is 9.59 Å². The number of carbonyl (C=O) groups is 2. The van der Waals surface area contributed by atoms with Gasteiger partial charge in [-0.2, -0.15) is 8.42 Å². The molecule has 0 aliphatic carbocycles. The third-order valence-electron chi connectivity index (χ3n) is 5.61. The summed E-state index contributed by atoms with van der Waals surface area (Å²) in [6.07, 6.45) is 0. The van der Waals surface area contributed by atoms with Crippen molar-refractivity contribution in [1.29, 1.82) is 0 Å². The number of carbonyl (C=O) groups excluding carboxylic acids is 2. The summed E-state index contributed by atoms with van der Waals surface area (Å²) in [5.74, 6) is -2.12. The van der Waals surface area contributed by atoms with E-state index >= 15 is 0 Å². The Morgan fingerprint density at radius 2 is 1.75 bits per heavy atom. The van der Waals surface area contributed by atoms with Crippen LogP contribution in [0.5, 0.6) is 5.75 Å². The Morgan fingerprint density at radius 1 is 1.09 bits per heavy atom. The average molecular weight is 455 g/mol. The van der Waals surface area contributed by atoms with Gasteiger partial charge >= 0.3 is 22.1 Å². The zero-order valence-electron chi connectivity index (χ0n) is 17.7. The molecule has 9 heteroatoms. The van der Waals surface area contributed by atoms with Crippen molar-refractivity contribution in [3.05, 3.63) is 82.7 Å². The van der Waals surface area contributed by atoms with Crippen molar-refractivity contribution in [3.8, 4) is 5.75 Å². The lowest BCUT2D eigenvalue weighted by Crippen LogP contribution is -2.31. The number of hydrogen-bond acceptors (Lipinski definition) is 8. The van der Waals surface area contributed by atoms with Crippen LogP contribution in [0.25, 0.3) is 0 Å². The molecular formula is C23H21NO7S. The number of para-hydroxylation sites is 1. The van der Waals surface area contributed by atoms with E-state index in [0.717, 1.165) is 0 Å². The van der Waals surface area contributed by atoms with E-state index in [1.807, 2.05) is 0 Å². The van der Waals surface area contributed by atoms with Gasteiger partial charge in [0.05, 0.1) is 29.9 Å². The summed E-state index contributed by atoms with van der Waals surface area (Å²) >= 11 is 0. The van der Waals surface area contributed by atoms with Crippen LogP contribution in [0.2, 0.25) is 0 Å². The van der Waals surface area contributed by atoms with Gasteiger partial charge in [-0.05, 0) is 25.1 Å². The molecule has 2 heterocycles. The maximum atomic E-state index is 12.9. The number of hydrogen-bond donors (Lipinski definition) is 0. The van der Waals surface area contributed by atoms with E-state index in [0.29, 0.717) is 17.0 Å². The molecule has 0 spiro atoms. The Labute approximate surface area is 185 Å². The molecule has 0 aromatic heterocycles. The molecule has 1 unspecified atom stereocenters. The number of ether oxygens (including phenoxy) is 2. The Morgan fingerprint density at radius 3 is 2.44 bits per heavy atom. The molecule has 32 heavy (non-hydrogen) atoms. The Bertz CT molecular complexity index is 1260. The first kappa shape index (κ1) is 21.6. The minimum atomic E-state index is -4.15. The number of nitrogens with zero attached hydrogens (tertiary/aromatic N) is 1. The van der Waals surface area contributed by atoms with Crippen LogP contribution in [0.15, 0.2) is 82.0 Å². The Balaban J connectivity index is 1.88. The molecule has 0 saturated heterocycles. The predicted octanol–water partition coefficient (Wildman–Crippen LogP) is 2.74. The molecule has 2 aliphatic heterocycles. The van der Waals surface area contributed by atoms with Crippen molar-refractivity contribution < 1.29 is 31.7 Å². The van der Waals surface area contributed by atoms with Crippen LogP contribution in [0.1, 0.15) is 18.4 Å². The topological polar surface area (TPSA) is 99.2 Å². The standard InChI is InChI=1S/C23H21NO7S/c1-14-19(22(25)29-3)20(21-17(24(14)2)13-30-23(21)26)16-11-7-8-12-18(16)31-32(27,28)15-9-5-4-6-10-15/h4-12,20H,13H2,1-3H3. The number of allylic oxidation sites excluding steroid dienone is 1. The third kappa shape index (κ3) is 3.54. The first-order chi connectivity index (χ1) is 15.3. The van der Waals surface area contributed by atoms with Gasteiger partial charge in [0.2, 0.25) is 0 Å². The summed E-state index contributed by atoms with van der Waals surface area (Å²) in [6, 6.07) is 14.1. The SMILES string of the molecule is COC(=O)C1=C(C)N(C)C2=C(C(=O)OC2)C1c1ccccc1OS(=O)(=O)c1ccccc1. The molecule has 2 aromatic rings. The molecule has 2 aromatic carbocycles. The van der Waals surface area contributed by atoms with Gasteiger partial charge in [0.15, 0.2) is 0 Å². The molecule has 8 nitrogen and oxygen atoms in total. The van der Waals surface area contributed by atoms with E-state index in [1.54, 1.807) is 55.3 Å². The average Bonchev–Trinajstić information content (AvgIpc) is 3.18. The second-order valence-electron chi connectivity index (χ2n) is 7.31. The van der Waals surface area contributed by atoms with Crippen molar-refractivity contribution in [3.63, 3.8) is 0 Å². The summed E-state index contributed by atoms with van der Waals surface area (Å²) in [5.41, 5.74) is 1.98. The van der Waals surface area contributed by atoms with Gasteiger partial charge in [0.1, 0.15) is 17.3 Å². The molecule has 0 saturated carbocycles. The Hall–Kier alpha value is -3.59. The minimum absolute atomic E-state index is 0.00617. The molecule has 0 fully saturated rings. The van der Waals surface area contributed by atoms with E-state index < -0.39 is 28.0 Å². The molecular weight excluding hydrogens is 434 g/mol. The zero-order valence-corrected chi connectivity index (χ0v) is 18.5. The number of likely N-dealkylation sites (N-methyl/N-ethyl adjacent to an activating group) is 1. The van der Waals surface area contributed by atoms with Crippen LogP contribution in [-0.2, 0) is 29.2 Å². The van der Waals surface area contributed by atoms with Gasteiger partial charge in [0.25, 0.3) is 0 Å². The molecule has 166 valence electrons. The van der Waals surface area contributed by atoms with Crippen LogP contribution in [0, 0.1) is 0 Å². The van der Waals surface area contributed by atoms with E-state index in [1.165, 1.54) is 25.3 Å². The largest absolute Gasteiger partial charge is 0.466 e. The van der Waals surface area contributed by atoms with Crippen LogP contribution in [0.4, 0.5) is 0 Å². The summed E-state index contributed by atoms with van der Waals surface area (Å²) < 4.78 is 41.5. The fourth-order valence-electron chi connectivity index (χ4n) is 3.94. The highest BCUT2D eigenvalue weighted by Gasteiger charge is 2.45. The molecule has 2 aliphatic rings. The molecule has 0 amide bonds. The number of cyclic esters (lactones) is 1. The second-order valence-corrected chi connectivity index (χ2v) is 8.85. The lowest BCUT2D eigenvalue weighted by atomic mass is 9.80. The normalized spacial score (nSPS) is 18.4. The van der Waals surface area contributed by atoms with Crippen LogP contribution in [-0.4, -0.2) is 46.0 Å². The van der Waals surface area contributed by atoms with E-state index in [4.69, 9.17) is 13.7 Å². The van der Waals surface area contributed by atoms with Gasteiger partial charge in [0, 0.05) is 18.3 Å². The molecule has 4 rings (SSSR count). The zero-order chi connectivity index (χ0) is 23.0. The van der Waals surface area contributed by atoms with Crippen molar-refractivity contribution >= 4 is 22.1 Å². The molecule has 0 N–H and O–H groups in total. The second kappa shape index (κ2) is 8.16. The quantitative estimate of drug-likeness (QED) is 0.501. The maximum absolute atomic E-state index is 12.9. The van der Waals surface area contributed by atoms with Crippen molar-refractivity contribution in [2.24, 2.45) is 0 Å². The lowest BCUT2D eigenvalue weighted by molar-refractivity contribution is -0.136. The first-order valence-electron chi connectivity index (χ1n) is 9.77. The van der Waals surface area contributed by atoms with Crippen molar-refractivity contribution in [1.82, 2.24) is 4.90 Å². The van der Waals surface area contributed by atoms with E-state index in [-0.39, 0.29) is 28.4 Å². The lowest BCUT2D eigenvalue weighted by Gasteiger charge is -2.33. The van der Waals surface area contributed by atoms with Crippen molar-refractivity contribution in [2.45, 2.75) is 17.7 Å². The summed E-state index contributed by atoms with van der Waals surface area (Å²) in [4.78, 5) is 27.2. The molecule has 0 bridgehead atoms. The van der Waals surface area contributed by atoms with Crippen LogP contribution >= 0.6 is 0 Å². The fraction of sp³-hybridized carbons (Fsp3) is 0.217. The highest BCUT2D eigenvalue weighted by atomic mass is 32.2. The number of methoxy groups -OCH3 is 1. The molecule has 1 atom stereocenters. The van der Waals surface area contributed by atoms with Gasteiger partial charge in [-0.1, -0.05) is 36.4 Å². The van der Waals surface area contributed by atoms with Gasteiger partial charge < -0.3 is 18.6 Å². The van der Waals surface area contributed by atoms with Crippen LogP contribution in [0.3, 0.4) is 0 Å². The Kier molecular flexibility index (Phi) is 5.52. The summed E-state index contributed by atoms with van der Waals surface area (Å²) in [7, 11) is -1.17. The van der Waals surface area contributed by atoms with E-state index in [2.05, 4.69) is 0 Å². The third-order valence-corrected chi connectivity index (χ3v) is 6.86. The van der Waals surface area contributed by atoms with Crippen LogP contribution < -0.4 is 4.18 Å². The summed E-state index contributed by atoms with van der Waals surface area (Å²) in [6.45, 7) is 1.79. The predicted molar refractivity (Wildman–Crippen MR) is 114 cm³/mol. The summed E-state index contributed by atoms with van der Waals surface area (Å²) in [5, 5.41) is 0. The maximum Gasteiger partial charge on any atom is 0.339 e. The van der Waals surface area contributed by atoms with Crippen molar-refractivity contribution in [2.75, 3.05) is 20.8 Å².